The van der Waals surface area contributed by atoms with Gasteiger partial charge in [0.25, 0.3) is 0 Å². The molecule has 0 fully saturated rings. The molecule has 0 aliphatic rings. The van der Waals surface area contributed by atoms with Gasteiger partial charge in [-0.2, -0.15) is 5.10 Å². The smallest absolute Gasteiger partial charge is 0.191 e. The largest absolute Gasteiger partial charge is 0.370 e. The number of nitrogens with zero attached hydrogens (tertiary/aromatic N) is 4. The van der Waals surface area contributed by atoms with Crippen LogP contribution in [0.1, 0.15) is 6.92 Å². The van der Waals surface area contributed by atoms with Crippen LogP contribution in [-0.4, -0.2) is 32.5 Å². The first-order chi connectivity index (χ1) is 8.22. The van der Waals surface area contributed by atoms with Gasteiger partial charge in [-0.25, -0.2) is 14.6 Å². The van der Waals surface area contributed by atoms with Crippen molar-refractivity contribution in [3.8, 4) is 5.82 Å². The molecule has 2 heterocycles. The molecule has 0 saturated carbocycles. The molecule has 2 aromatic rings. The van der Waals surface area contributed by atoms with E-state index in [1.165, 1.54) is 11.8 Å². The van der Waals surface area contributed by atoms with E-state index in [2.05, 4.69) is 43.0 Å². The topological polar surface area (TPSA) is 55.6 Å². The van der Waals surface area contributed by atoms with E-state index in [-0.39, 0.29) is 0 Å². The van der Waals surface area contributed by atoms with Crippen molar-refractivity contribution in [2.45, 2.75) is 12.1 Å². The summed E-state index contributed by atoms with van der Waals surface area (Å²) in [6, 6.07) is 1.90. The van der Waals surface area contributed by atoms with Gasteiger partial charge >= 0.3 is 0 Å². The first-order valence-corrected chi connectivity index (χ1v) is 7.40. The minimum absolute atomic E-state index is 0.740. The third-order valence-electron chi connectivity index (χ3n) is 2.02. The number of thioether (sulfide) groups is 1. The lowest BCUT2D eigenvalue weighted by atomic mass is 10.5. The van der Waals surface area contributed by atoms with Crippen LogP contribution in [-0.2, 0) is 0 Å². The number of hydrogen-bond acceptors (Lipinski definition) is 5. The molecule has 0 amide bonds. The zero-order chi connectivity index (χ0) is 12.3. The molecule has 0 bridgehead atoms. The Morgan fingerprint density at radius 1 is 1.47 bits per heavy atom. The highest BCUT2D eigenvalue weighted by molar-refractivity contribution is 14.1. The lowest BCUT2D eigenvalue weighted by Gasteiger charge is -2.07. The number of aromatic nitrogens is 4. The van der Waals surface area contributed by atoms with E-state index in [1.54, 1.807) is 10.9 Å². The third-order valence-corrected chi connectivity index (χ3v) is 3.12. The fraction of sp³-hybridized carbons (Fsp3) is 0.300. The second-order valence-corrected chi connectivity index (χ2v) is 5.25. The summed E-state index contributed by atoms with van der Waals surface area (Å²) >= 11 is 3.74. The average Bonchev–Trinajstić information content (AvgIpc) is 2.76. The van der Waals surface area contributed by atoms with Crippen LogP contribution < -0.4 is 5.32 Å². The molecule has 0 unspecified atom stereocenters. The van der Waals surface area contributed by atoms with Crippen molar-refractivity contribution in [3.05, 3.63) is 22.0 Å². The van der Waals surface area contributed by atoms with E-state index in [9.17, 15) is 0 Å². The molecule has 0 radical (unpaired) electrons. The van der Waals surface area contributed by atoms with Crippen LogP contribution >= 0.6 is 34.4 Å². The number of hydrogen-bond donors (Lipinski definition) is 1. The molecule has 0 aromatic carbocycles. The Hall–Kier alpha value is -0.830. The van der Waals surface area contributed by atoms with Gasteiger partial charge in [-0.05, 0) is 35.8 Å². The SMILES string of the molecule is CCNc1cc(-n2cc(I)cn2)nc(SC)n1. The van der Waals surface area contributed by atoms with Crippen molar-refractivity contribution >= 4 is 40.2 Å². The molecule has 2 aromatic heterocycles. The van der Waals surface area contributed by atoms with Crippen molar-refractivity contribution in [1.82, 2.24) is 19.7 Å². The number of anilines is 1. The van der Waals surface area contributed by atoms with Crippen molar-refractivity contribution in [3.63, 3.8) is 0 Å². The first-order valence-electron chi connectivity index (χ1n) is 5.10. The van der Waals surface area contributed by atoms with E-state index in [0.29, 0.717) is 0 Å². The maximum atomic E-state index is 4.43. The van der Waals surface area contributed by atoms with Crippen LogP contribution in [0.15, 0.2) is 23.6 Å². The van der Waals surface area contributed by atoms with Crippen molar-refractivity contribution in [2.24, 2.45) is 0 Å². The monoisotopic (exact) mass is 361 g/mol. The van der Waals surface area contributed by atoms with Crippen LogP contribution in [0.2, 0.25) is 0 Å². The van der Waals surface area contributed by atoms with Gasteiger partial charge < -0.3 is 5.32 Å². The van der Waals surface area contributed by atoms with Gasteiger partial charge in [0.05, 0.1) is 9.77 Å². The van der Waals surface area contributed by atoms with Crippen molar-refractivity contribution < 1.29 is 0 Å². The molecular weight excluding hydrogens is 349 g/mol. The van der Waals surface area contributed by atoms with Crippen molar-refractivity contribution in [1.29, 1.82) is 0 Å². The first kappa shape index (κ1) is 12.6. The highest BCUT2D eigenvalue weighted by atomic mass is 127. The fourth-order valence-corrected chi connectivity index (χ4v) is 2.08. The van der Waals surface area contributed by atoms with Crippen LogP contribution in [0, 0.1) is 3.57 Å². The van der Waals surface area contributed by atoms with Gasteiger partial charge in [0.2, 0.25) is 0 Å². The molecule has 0 spiro atoms. The van der Waals surface area contributed by atoms with Crippen LogP contribution in [0.25, 0.3) is 5.82 Å². The normalized spacial score (nSPS) is 10.5. The van der Waals surface area contributed by atoms with E-state index in [1.807, 2.05) is 25.4 Å². The summed E-state index contributed by atoms with van der Waals surface area (Å²) in [6.07, 6.45) is 5.69. The third kappa shape index (κ3) is 3.09. The Balaban J connectivity index is 2.42. The maximum Gasteiger partial charge on any atom is 0.191 e. The van der Waals surface area contributed by atoms with Crippen LogP contribution in [0.5, 0.6) is 0 Å². The molecule has 2 rings (SSSR count). The molecule has 5 nitrogen and oxygen atoms in total. The summed E-state index contributed by atoms with van der Waals surface area (Å²) in [5.41, 5.74) is 0. The number of rotatable bonds is 4. The Kier molecular flexibility index (Phi) is 4.21. The van der Waals surface area contributed by atoms with E-state index < -0.39 is 0 Å². The zero-order valence-electron chi connectivity index (χ0n) is 9.51. The van der Waals surface area contributed by atoms with Crippen molar-refractivity contribution in [2.75, 3.05) is 18.1 Å². The van der Waals surface area contributed by atoms with Gasteiger partial charge in [-0.15, -0.1) is 0 Å². The fourth-order valence-electron chi connectivity index (χ4n) is 1.32. The highest BCUT2D eigenvalue weighted by Gasteiger charge is 2.06. The quantitative estimate of drug-likeness (QED) is 0.515. The van der Waals surface area contributed by atoms with E-state index in [4.69, 9.17) is 0 Å². The van der Waals surface area contributed by atoms with Crippen LogP contribution in [0.4, 0.5) is 5.82 Å². The van der Waals surface area contributed by atoms with Crippen LogP contribution in [0.3, 0.4) is 0 Å². The summed E-state index contributed by atoms with van der Waals surface area (Å²) in [7, 11) is 0. The van der Waals surface area contributed by atoms with Gasteiger partial charge in [0.15, 0.2) is 11.0 Å². The Bertz CT molecular complexity index is 513. The average molecular weight is 361 g/mol. The molecule has 0 atom stereocenters. The van der Waals surface area contributed by atoms with E-state index >= 15 is 0 Å². The standard InChI is InChI=1S/C10H12IN5S/c1-3-12-8-4-9(15-10(14-8)17-2)16-6-7(11)5-13-16/h4-6H,3H2,1-2H3,(H,12,14,15). The second-order valence-electron chi connectivity index (χ2n) is 3.23. The summed E-state index contributed by atoms with van der Waals surface area (Å²) in [6.45, 7) is 2.87. The number of halogens is 1. The zero-order valence-corrected chi connectivity index (χ0v) is 12.5. The predicted molar refractivity (Wildman–Crippen MR) is 77.8 cm³/mol. The second kappa shape index (κ2) is 5.67. The summed E-state index contributed by atoms with van der Waals surface area (Å²) in [5.74, 6) is 1.61. The Labute approximate surface area is 118 Å². The predicted octanol–water partition coefficient (Wildman–Crippen LogP) is 2.42. The molecule has 90 valence electrons. The lowest BCUT2D eigenvalue weighted by molar-refractivity contribution is 0.808. The van der Waals surface area contributed by atoms with Gasteiger partial charge in [0, 0.05) is 18.8 Å². The molecule has 17 heavy (non-hydrogen) atoms. The minimum Gasteiger partial charge on any atom is -0.370 e. The summed E-state index contributed by atoms with van der Waals surface area (Å²) in [4.78, 5) is 8.80. The highest BCUT2D eigenvalue weighted by Crippen LogP contribution is 2.17. The Morgan fingerprint density at radius 3 is 2.88 bits per heavy atom. The summed E-state index contributed by atoms with van der Waals surface area (Å²) in [5, 5.41) is 8.18. The lowest BCUT2D eigenvalue weighted by Crippen LogP contribution is -2.05. The minimum atomic E-state index is 0.740. The Morgan fingerprint density at radius 2 is 2.29 bits per heavy atom. The molecule has 0 aliphatic carbocycles. The molecule has 1 N–H and O–H groups in total. The van der Waals surface area contributed by atoms with Gasteiger partial charge in [0.1, 0.15) is 5.82 Å². The van der Waals surface area contributed by atoms with Gasteiger partial charge in [-0.3, -0.25) is 0 Å². The molecule has 7 heteroatoms. The molecule has 0 aliphatic heterocycles. The maximum absolute atomic E-state index is 4.43. The van der Waals surface area contributed by atoms with E-state index in [0.717, 1.165) is 26.9 Å². The molecular formula is C10H12IN5S. The summed E-state index contributed by atoms with van der Waals surface area (Å²) < 4.78 is 2.83. The molecule has 0 saturated heterocycles. The van der Waals surface area contributed by atoms with Gasteiger partial charge in [-0.1, -0.05) is 11.8 Å². The number of nitrogens with one attached hydrogen (secondary N) is 1.